The number of nitrogens with one attached hydrogen (secondary N) is 1. The maximum absolute atomic E-state index is 12.3. The molecule has 1 saturated heterocycles. The molecule has 3 rings (SSSR count). The molecule has 1 N–H and O–H groups in total. The highest BCUT2D eigenvalue weighted by Crippen LogP contribution is 2.14. The molecule has 0 spiro atoms. The van der Waals surface area contributed by atoms with E-state index in [9.17, 15) is 4.79 Å². The Balaban J connectivity index is 1.41. The number of benzene rings is 1. The van der Waals surface area contributed by atoms with Gasteiger partial charge in [-0.05, 0) is 25.3 Å². The van der Waals surface area contributed by atoms with Crippen LogP contribution in [-0.4, -0.2) is 47.2 Å². The molecule has 0 radical (unpaired) electrons. The molecule has 134 valence electrons. The second-order valence-corrected chi connectivity index (χ2v) is 6.77. The highest BCUT2D eigenvalue weighted by atomic mass is 16.5. The van der Waals surface area contributed by atoms with Crippen molar-refractivity contribution in [3.63, 3.8) is 0 Å². The second-order valence-electron chi connectivity index (χ2n) is 6.77. The van der Waals surface area contributed by atoms with Crippen LogP contribution in [0.2, 0.25) is 0 Å². The fourth-order valence-corrected chi connectivity index (χ4v) is 3.17. The summed E-state index contributed by atoms with van der Waals surface area (Å²) in [6.45, 7) is 5.29. The summed E-state index contributed by atoms with van der Waals surface area (Å²) in [7, 11) is 1.78. The van der Waals surface area contributed by atoms with E-state index in [2.05, 4.69) is 39.6 Å². The minimum atomic E-state index is -0.0536. The zero-order chi connectivity index (χ0) is 17.6. The van der Waals surface area contributed by atoms with Crippen molar-refractivity contribution in [2.45, 2.75) is 38.9 Å². The first-order chi connectivity index (χ1) is 12.1. The number of carbonyl (C=O) groups excluding carboxylic acids is 1. The molecule has 0 aliphatic carbocycles. The molecule has 6 nitrogen and oxygen atoms in total. The Bertz CT molecular complexity index is 678. The number of aromatic nitrogens is 1. The summed E-state index contributed by atoms with van der Waals surface area (Å²) in [5.41, 5.74) is 2.11. The van der Waals surface area contributed by atoms with Crippen LogP contribution in [0.5, 0.6) is 0 Å². The molecule has 2 aromatic rings. The lowest BCUT2D eigenvalue weighted by molar-refractivity contribution is 0.172. The molecule has 6 heteroatoms. The van der Waals surface area contributed by atoms with Crippen molar-refractivity contribution in [2.24, 2.45) is 0 Å². The summed E-state index contributed by atoms with van der Waals surface area (Å²) in [4.78, 5) is 16.4. The average molecular weight is 342 g/mol. The lowest BCUT2D eigenvalue weighted by Crippen LogP contribution is -2.48. The molecule has 1 fully saturated rings. The van der Waals surface area contributed by atoms with Crippen molar-refractivity contribution in [2.75, 3.05) is 20.1 Å². The maximum Gasteiger partial charge on any atom is 0.317 e. The Morgan fingerprint density at radius 1 is 1.32 bits per heavy atom. The van der Waals surface area contributed by atoms with E-state index in [1.807, 2.05) is 19.1 Å². The van der Waals surface area contributed by atoms with E-state index in [0.717, 1.165) is 43.9 Å². The first-order valence-corrected chi connectivity index (χ1v) is 8.80. The predicted molar refractivity (Wildman–Crippen MR) is 96.0 cm³/mol. The smallest absolute Gasteiger partial charge is 0.317 e. The van der Waals surface area contributed by atoms with E-state index in [1.165, 1.54) is 5.56 Å². The minimum absolute atomic E-state index is 0.0536. The number of urea groups is 1. The number of rotatable bonds is 5. The van der Waals surface area contributed by atoms with Crippen molar-refractivity contribution in [1.29, 1.82) is 0 Å². The van der Waals surface area contributed by atoms with Crippen LogP contribution in [0.3, 0.4) is 0 Å². The lowest BCUT2D eigenvalue weighted by atomic mass is 10.0. The van der Waals surface area contributed by atoms with Gasteiger partial charge in [0.1, 0.15) is 11.5 Å². The summed E-state index contributed by atoms with van der Waals surface area (Å²) in [6.07, 6.45) is 1.96. The van der Waals surface area contributed by atoms with Crippen molar-refractivity contribution in [3.8, 4) is 0 Å². The Kier molecular flexibility index (Phi) is 5.71. The third-order valence-corrected chi connectivity index (χ3v) is 4.59. The fraction of sp³-hybridized carbons (Fsp3) is 0.474. The number of aryl methyl sites for hydroxylation is 1. The summed E-state index contributed by atoms with van der Waals surface area (Å²) in [5.74, 6) is 0.759. The monoisotopic (exact) mass is 342 g/mol. The molecule has 0 atom stereocenters. The Morgan fingerprint density at radius 2 is 2.04 bits per heavy atom. The number of hydrogen-bond acceptors (Lipinski definition) is 4. The van der Waals surface area contributed by atoms with Crippen LogP contribution in [0.25, 0.3) is 0 Å². The molecule has 1 aromatic carbocycles. The van der Waals surface area contributed by atoms with Crippen molar-refractivity contribution in [3.05, 3.63) is 53.4 Å². The Hall–Kier alpha value is -2.34. The lowest BCUT2D eigenvalue weighted by Gasteiger charge is -2.33. The van der Waals surface area contributed by atoms with Gasteiger partial charge in [0.25, 0.3) is 0 Å². The molecule has 25 heavy (non-hydrogen) atoms. The van der Waals surface area contributed by atoms with E-state index in [0.29, 0.717) is 6.54 Å². The van der Waals surface area contributed by atoms with E-state index in [-0.39, 0.29) is 12.1 Å². The number of carbonyl (C=O) groups is 1. The number of likely N-dealkylation sites (tertiary alicyclic amines) is 1. The van der Waals surface area contributed by atoms with E-state index in [1.54, 1.807) is 11.9 Å². The Morgan fingerprint density at radius 3 is 2.68 bits per heavy atom. The average Bonchev–Trinajstić information content (AvgIpc) is 3.02. The first kappa shape index (κ1) is 17.5. The zero-order valence-electron chi connectivity index (χ0n) is 14.9. The van der Waals surface area contributed by atoms with Crippen LogP contribution in [0, 0.1) is 6.92 Å². The van der Waals surface area contributed by atoms with Crippen molar-refractivity contribution >= 4 is 6.03 Å². The summed E-state index contributed by atoms with van der Waals surface area (Å²) < 4.78 is 5.04. The van der Waals surface area contributed by atoms with Crippen molar-refractivity contribution < 1.29 is 9.32 Å². The highest BCUT2D eigenvalue weighted by molar-refractivity contribution is 5.74. The van der Waals surface area contributed by atoms with Gasteiger partial charge in [-0.15, -0.1) is 0 Å². The quantitative estimate of drug-likeness (QED) is 0.908. The third kappa shape index (κ3) is 5.06. The number of piperidine rings is 1. The van der Waals surface area contributed by atoms with Gasteiger partial charge in [0.2, 0.25) is 0 Å². The van der Waals surface area contributed by atoms with Gasteiger partial charge in [-0.1, -0.05) is 35.5 Å². The van der Waals surface area contributed by atoms with Gasteiger partial charge in [-0.3, -0.25) is 4.90 Å². The molecule has 1 aliphatic rings. The van der Waals surface area contributed by atoms with Crippen LogP contribution in [0.1, 0.15) is 29.9 Å². The third-order valence-electron chi connectivity index (χ3n) is 4.59. The van der Waals surface area contributed by atoms with Gasteiger partial charge in [-0.2, -0.15) is 0 Å². The first-order valence-electron chi connectivity index (χ1n) is 8.80. The maximum atomic E-state index is 12.3. The van der Waals surface area contributed by atoms with E-state index < -0.39 is 0 Å². The second kappa shape index (κ2) is 8.16. The minimum Gasteiger partial charge on any atom is -0.361 e. The molecular weight excluding hydrogens is 316 g/mol. The molecule has 2 heterocycles. The molecule has 2 amide bonds. The van der Waals surface area contributed by atoms with E-state index in [4.69, 9.17) is 4.52 Å². The number of amides is 2. The molecule has 0 unspecified atom stereocenters. The van der Waals surface area contributed by atoms with Gasteiger partial charge < -0.3 is 14.7 Å². The highest BCUT2D eigenvalue weighted by Gasteiger charge is 2.22. The predicted octanol–water partition coefficient (Wildman–Crippen LogP) is 2.79. The number of hydrogen-bond donors (Lipinski definition) is 1. The Labute approximate surface area is 148 Å². The standard InChI is InChI=1S/C19H26N4O2/c1-15-12-18(21-25-15)14-22(2)19(24)20-17-8-10-23(11-9-17)13-16-6-4-3-5-7-16/h3-7,12,17H,8-11,13-14H2,1-2H3,(H,20,24). The molecule has 1 aromatic heterocycles. The van der Waals surface area contributed by atoms with Gasteiger partial charge in [0.05, 0.1) is 6.54 Å². The van der Waals surface area contributed by atoms with Crippen molar-refractivity contribution in [1.82, 2.24) is 20.3 Å². The van der Waals surface area contributed by atoms with Crippen LogP contribution in [-0.2, 0) is 13.1 Å². The normalized spacial score (nSPS) is 15.9. The topological polar surface area (TPSA) is 61.6 Å². The van der Waals surface area contributed by atoms with Gasteiger partial charge >= 0.3 is 6.03 Å². The van der Waals surface area contributed by atoms with Crippen LogP contribution in [0.15, 0.2) is 40.9 Å². The molecule has 0 saturated carbocycles. The van der Waals surface area contributed by atoms with Gasteiger partial charge in [0.15, 0.2) is 0 Å². The summed E-state index contributed by atoms with van der Waals surface area (Å²) in [5, 5.41) is 7.06. The molecular formula is C19H26N4O2. The van der Waals surface area contributed by atoms with Crippen LogP contribution < -0.4 is 5.32 Å². The largest absolute Gasteiger partial charge is 0.361 e. The summed E-state index contributed by atoms with van der Waals surface area (Å²) in [6, 6.07) is 12.6. The zero-order valence-corrected chi connectivity index (χ0v) is 14.9. The van der Waals surface area contributed by atoms with Crippen LogP contribution >= 0.6 is 0 Å². The fourth-order valence-electron chi connectivity index (χ4n) is 3.17. The van der Waals surface area contributed by atoms with Gasteiger partial charge in [-0.25, -0.2) is 4.79 Å². The number of nitrogens with zero attached hydrogens (tertiary/aromatic N) is 3. The van der Waals surface area contributed by atoms with Gasteiger partial charge in [0, 0.05) is 38.8 Å². The van der Waals surface area contributed by atoms with Crippen LogP contribution in [0.4, 0.5) is 4.79 Å². The molecule has 1 aliphatic heterocycles. The summed E-state index contributed by atoms with van der Waals surface area (Å²) >= 11 is 0. The van der Waals surface area contributed by atoms with E-state index >= 15 is 0 Å². The molecule has 0 bridgehead atoms. The SMILES string of the molecule is Cc1cc(CN(C)C(=O)NC2CCN(Cc3ccccc3)CC2)no1.